The number of sulfone groups is 1. The summed E-state index contributed by atoms with van der Waals surface area (Å²) < 4.78 is 27.6. The van der Waals surface area contributed by atoms with Gasteiger partial charge in [-0.1, -0.05) is 6.07 Å². The van der Waals surface area contributed by atoms with Gasteiger partial charge in [-0.15, -0.1) is 0 Å². The molecule has 0 bridgehead atoms. The predicted octanol–water partition coefficient (Wildman–Crippen LogP) is 1.52. The molecule has 1 aromatic rings. The van der Waals surface area contributed by atoms with E-state index < -0.39 is 30.6 Å². The Morgan fingerprint density at radius 3 is 2.65 bits per heavy atom. The van der Waals surface area contributed by atoms with Crippen LogP contribution in [0.5, 0.6) is 0 Å². The largest absolute Gasteiger partial charge is 0.454 e. The van der Waals surface area contributed by atoms with Gasteiger partial charge in [-0.2, -0.15) is 0 Å². The zero-order valence-electron chi connectivity index (χ0n) is 8.82. The fraction of sp³-hybridized carbons (Fsp3) is 0.222. The van der Waals surface area contributed by atoms with Crippen LogP contribution in [0, 0.1) is 10.1 Å². The summed E-state index contributed by atoms with van der Waals surface area (Å²) in [6, 6.07) is 4.22. The maximum atomic E-state index is 11.6. The van der Waals surface area contributed by atoms with Crippen LogP contribution in [0.1, 0.15) is 6.92 Å². The molecule has 0 aliphatic rings. The first-order valence-corrected chi connectivity index (χ1v) is 6.04. The van der Waals surface area contributed by atoms with Crippen LogP contribution >= 0.6 is 0 Å². The van der Waals surface area contributed by atoms with Crippen LogP contribution in [0.3, 0.4) is 0 Å². The second-order valence-corrected chi connectivity index (χ2v) is 4.75. The minimum Gasteiger partial charge on any atom is -0.454 e. The normalized spacial score (nSPS) is 10.9. The predicted molar refractivity (Wildman–Crippen MR) is 57.3 cm³/mol. The van der Waals surface area contributed by atoms with Crippen molar-refractivity contribution in [3.8, 4) is 0 Å². The van der Waals surface area contributed by atoms with Crippen molar-refractivity contribution in [2.24, 2.45) is 0 Å². The maximum absolute atomic E-state index is 11.6. The molecule has 0 N–H and O–H groups in total. The van der Waals surface area contributed by atoms with Gasteiger partial charge in [0.15, 0.2) is 0 Å². The molecule has 0 aromatic heterocycles. The van der Waals surface area contributed by atoms with E-state index in [4.69, 9.17) is 0 Å². The van der Waals surface area contributed by atoms with Crippen molar-refractivity contribution in [3.63, 3.8) is 0 Å². The van der Waals surface area contributed by atoms with E-state index in [-0.39, 0.29) is 6.61 Å². The molecule has 0 aliphatic carbocycles. The third-order valence-corrected chi connectivity index (χ3v) is 3.25. The van der Waals surface area contributed by atoms with Crippen molar-refractivity contribution >= 4 is 20.8 Å². The molecular formula is C9H9NO6S. The zero-order valence-corrected chi connectivity index (χ0v) is 9.64. The summed E-state index contributed by atoms with van der Waals surface area (Å²) in [5, 5.41) is 9.05. The smallest absolute Gasteiger partial charge is 0.429 e. The van der Waals surface area contributed by atoms with E-state index in [2.05, 4.69) is 4.74 Å². The zero-order chi connectivity index (χ0) is 13.1. The highest BCUT2D eigenvalue weighted by Crippen LogP contribution is 2.19. The topological polar surface area (TPSA) is 104 Å². The first kappa shape index (κ1) is 13.1. The van der Waals surface area contributed by atoms with E-state index in [0.717, 1.165) is 18.2 Å². The van der Waals surface area contributed by atoms with Gasteiger partial charge in [-0.3, -0.25) is 10.1 Å². The molecule has 0 fully saturated rings. The Bertz CT molecular complexity index is 550. The van der Waals surface area contributed by atoms with Crippen LogP contribution in [0.2, 0.25) is 0 Å². The Kier molecular flexibility index (Phi) is 3.79. The van der Waals surface area contributed by atoms with Crippen LogP contribution in [0.25, 0.3) is 0 Å². The van der Waals surface area contributed by atoms with Gasteiger partial charge < -0.3 is 4.74 Å². The monoisotopic (exact) mass is 259 g/mol. The highest BCUT2D eigenvalue weighted by Gasteiger charge is 2.27. The first-order chi connectivity index (χ1) is 7.89. The van der Waals surface area contributed by atoms with Crippen LogP contribution < -0.4 is 0 Å². The third kappa shape index (κ3) is 2.78. The van der Waals surface area contributed by atoms with E-state index in [1.807, 2.05) is 0 Å². The lowest BCUT2D eigenvalue weighted by molar-refractivity contribution is -0.385. The van der Waals surface area contributed by atoms with E-state index in [0.29, 0.717) is 0 Å². The molecule has 1 rings (SSSR count). The van der Waals surface area contributed by atoms with Gasteiger partial charge in [0.25, 0.3) is 15.5 Å². The minimum absolute atomic E-state index is 0.0903. The van der Waals surface area contributed by atoms with Crippen molar-refractivity contribution in [2.75, 3.05) is 6.61 Å². The lowest BCUT2D eigenvalue weighted by Crippen LogP contribution is -2.16. The van der Waals surface area contributed by atoms with Gasteiger partial charge in [0.1, 0.15) is 0 Å². The summed E-state index contributed by atoms with van der Waals surface area (Å²) in [5.74, 6) is 0. The van der Waals surface area contributed by atoms with Gasteiger partial charge >= 0.3 is 5.30 Å². The summed E-state index contributed by atoms with van der Waals surface area (Å²) in [6.45, 7) is 1.37. The van der Waals surface area contributed by atoms with E-state index in [1.54, 1.807) is 0 Å². The van der Waals surface area contributed by atoms with Crippen molar-refractivity contribution in [1.29, 1.82) is 0 Å². The number of nitrogens with zero attached hydrogens (tertiary/aromatic N) is 1. The number of ether oxygens (including phenoxy) is 1. The highest BCUT2D eigenvalue weighted by atomic mass is 32.2. The average Bonchev–Trinajstić information content (AvgIpc) is 2.29. The fourth-order valence-corrected chi connectivity index (χ4v) is 2.05. The molecule has 0 amide bonds. The molecule has 0 heterocycles. The van der Waals surface area contributed by atoms with Crippen molar-refractivity contribution in [1.82, 2.24) is 0 Å². The van der Waals surface area contributed by atoms with E-state index in [1.165, 1.54) is 13.0 Å². The lowest BCUT2D eigenvalue weighted by atomic mass is 10.3. The van der Waals surface area contributed by atoms with Crippen LogP contribution in [-0.4, -0.2) is 25.2 Å². The molecular weight excluding hydrogens is 250 g/mol. The third-order valence-electron chi connectivity index (χ3n) is 1.82. The molecule has 0 atom stereocenters. The number of nitro benzene ring substituents is 1. The number of hydrogen-bond donors (Lipinski definition) is 0. The Morgan fingerprint density at radius 1 is 1.47 bits per heavy atom. The summed E-state index contributed by atoms with van der Waals surface area (Å²) in [5.41, 5.74) is -0.407. The van der Waals surface area contributed by atoms with Gasteiger partial charge in [0.2, 0.25) is 0 Å². The van der Waals surface area contributed by atoms with Gasteiger partial charge in [-0.05, 0) is 13.0 Å². The van der Waals surface area contributed by atoms with Gasteiger partial charge in [0.05, 0.1) is 16.4 Å². The SMILES string of the molecule is CCOC(=O)S(=O)(=O)c1cccc([N+](=O)[O-])c1. The number of nitro groups is 1. The Hall–Kier alpha value is -1.96. The summed E-state index contributed by atoms with van der Waals surface area (Å²) in [7, 11) is -4.32. The molecule has 17 heavy (non-hydrogen) atoms. The maximum Gasteiger partial charge on any atom is 0.429 e. The molecule has 0 spiro atoms. The Morgan fingerprint density at radius 2 is 2.12 bits per heavy atom. The van der Waals surface area contributed by atoms with Crippen molar-refractivity contribution in [2.45, 2.75) is 11.8 Å². The minimum atomic E-state index is -4.32. The number of carbonyl (C=O) groups excluding carboxylic acids is 1. The fourth-order valence-electron chi connectivity index (χ4n) is 1.06. The molecule has 0 saturated carbocycles. The number of rotatable bonds is 3. The molecule has 92 valence electrons. The van der Waals surface area contributed by atoms with Gasteiger partial charge in [0, 0.05) is 12.1 Å². The molecule has 8 heteroatoms. The van der Waals surface area contributed by atoms with E-state index >= 15 is 0 Å². The standard InChI is InChI=1S/C9H9NO6S/c1-2-16-9(11)17(14,15)8-5-3-4-7(6-8)10(12)13/h3-6H,2H2,1H3. The van der Waals surface area contributed by atoms with Crippen LogP contribution in [-0.2, 0) is 14.6 Å². The number of benzene rings is 1. The first-order valence-electron chi connectivity index (χ1n) is 4.56. The lowest BCUT2D eigenvalue weighted by Gasteiger charge is -2.03. The quantitative estimate of drug-likeness (QED) is 0.463. The van der Waals surface area contributed by atoms with Crippen molar-refractivity contribution < 1.29 is 22.9 Å². The van der Waals surface area contributed by atoms with E-state index in [9.17, 15) is 23.3 Å². The molecule has 1 aromatic carbocycles. The van der Waals surface area contributed by atoms with Crippen molar-refractivity contribution in [3.05, 3.63) is 34.4 Å². The second kappa shape index (κ2) is 4.91. The van der Waals surface area contributed by atoms with Crippen LogP contribution in [0.4, 0.5) is 10.5 Å². The second-order valence-electron chi connectivity index (χ2n) is 2.94. The number of carbonyl (C=O) groups is 1. The Labute approximate surface area is 97.1 Å². The molecule has 7 nitrogen and oxygen atoms in total. The molecule has 0 radical (unpaired) electrons. The number of hydrogen-bond acceptors (Lipinski definition) is 6. The van der Waals surface area contributed by atoms with Gasteiger partial charge in [-0.25, -0.2) is 13.2 Å². The molecule has 0 saturated heterocycles. The highest BCUT2D eigenvalue weighted by molar-refractivity contribution is 8.05. The summed E-state index contributed by atoms with van der Waals surface area (Å²) in [4.78, 5) is 20.4. The summed E-state index contributed by atoms with van der Waals surface area (Å²) in [6.07, 6.45) is 0. The molecule has 0 unspecified atom stereocenters. The average molecular weight is 259 g/mol. The Balaban J connectivity index is 3.20. The summed E-state index contributed by atoms with van der Waals surface area (Å²) >= 11 is 0. The number of non-ortho nitro benzene ring substituents is 1. The van der Waals surface area contributed by atoms with Crippen LogP contribution in [0.15, 0.2) is 29.2 Å². The molecule has 0 aliphatic heterocycles.